The van der Waals surface area contributed by atoms with E-state index in [1.807, 2.05) is 31.3 Å². The Bertz CT molecular complexity index is 1890. The average molecular weight is 552 g/mol. The van der Waals surface area contributed by atoms with Crippen LogP contribution < -0.4 is 11.0 Å². The summed E-state index contributed by atoms with van der Waals surface area (Å²) in [6.07, 6.45) is -0.155. The summed E-state index contributed by atoms with van der Waals surface area (Å²) in [7, 11) is 1.99. The number of rotatable bonds is 5. The molecule has 0 spiro atoms. The molecule has 208 valence electrons. The van der Waals surface area contributed by atoms with Gasteiger partial charge in [0.25, 0.3) is 5.56 Å². The Morgan fingerprint density at radius 1 is 0.927 bits per heavy atom. The summed E-state index contributed by atoms with van der Waals surface area (Å²) in [6.45, 7) is 2.50. The lowest BCUT2D eigenvalue weighted by Crippen LogP contribution is -2.47. The molecule has 1 atom stereocenters. The number of carbonyl (C=O) groups excluding carboxylic acids is 1. The highest BCUT2D eigenvalue weighted by molar-refractivity contribution is 5.91. The molecule has 0 saturated carbocycles. The predicted molar refractivity (Wildman–Crippen MR) is 156 cm³/mol. The molecule has 41 heavy (non-hydrogen) atoms. The number of pyridine rings is 1. The number of phenolic OH excluding ortho intramolecular Hbond substituents is 2. The molecule has 6 rings (SSSR count). The third kappa shape index (κ3) is 4.96. The molecule has 5 aromatic rings. The van der Waals surface area contributed by atoms with Crippen LogP contribution in [0.4, 0.5) is 0 Å². The van der Waals surface area contributed by atoms with Crippen LogP contribution in [-0.4, -0.2) is 64.1 Å². The summed E-state index contributed by atoms with van der Waals surface area (Å²) in [5.74, 6) is -1.78. The highest BCUT2D eigenvalue weighted by Gasteiger charge is 2.32. The van der Waals surface area contributed by atoms with E-state index in [0.29, 0.717) is 24.2 Å². The molecule has 3 N–H and O–H groups in total. The monoisotopic (exact) mass is 551 g/mol. The summed E-state index contributed by atoms with van der Waals surface area (Å²) < 4.78 is 6.23. The summed E-state index contributed by atoms with van der Waals surface area (Å²) in [6, 6.07) is 20.3. The van der Waals surface area contributed by atoms with Crippen LogP contribution in [0.2, 0.25) is 0 Å². The second kappa shape index (κ2) is 10.6. The minimum Gasteiger partial charge on any atom is -0.507 e. The largest absolute Gasteiger partial charge is 0.507 e. The van der Waals surface area contributed by atoms with Crippen molar-refractivity contribution in [3.05, 3.63) is 105 Å². The van der Waals surface area contributed by atoms with Crippen molar-refractivity contribution in [2.24, 2.45) is 0 Å². The van der Waals surface area contributed by atoms with Gasteiger partial charge in [-0.15, -0.1) is 0 Å². The lowest BCUT2D eigenvalue weighted by Gasteiger charge is -2.33. The lowest BCUT2D eigenvalue weighted by atomic mass is 9.86. The van der Waals surface area contributed by atoms with Crippen molar-refractivity contribution in [3.8, 4) is 22.8 Å². The SMILES string of the molecule is CN1CCN(C(=O)C[C@@H](c2cc3ccccc3[nH]c2=O)c2c(O)cc(O)c3c(=O)cc(-c4ccccc4)oc23)CC1. The van der Waals surface area contributed by atoms with Crippen LogP contribution in [0.15, 0.2) is 86.8 Å². The quantitative estimate of drug-likeness (QED) is 0.301. The molecular formula is C32H29N3O6. The summed E-state index contributed by atoms with van der Waals surface area (Å²) in [4.78, 5) is 47.3. The second-order valence-corrected chi connectivity index (χ2v) is 10.5. The molecule has 1 aliphatic rings. The number of fused-ring (bicyclic) bond motifs is 2. The van der Waals surface area contributed by atoms with Gasteiger partial charge in [0.2, 0.25) is 5.91 Å². The number of benzene rings is 3. The number of likely N-dealkylation sites (N-methyl/N-ethyl adjacent to an activating group) is 1. The molecular weight excluding hydrogens is 522 g/mol. The predicted octanol–water partition coefficient (Wildman–Crippen LogP) is 4.01. The second-order valence-electron chi connectivity index (χ2n) is 10.5. The first-order valence-electron chi connectivity index (χ1n) is 13.5. The number of aromatic nitrogens is 1. The Hall–Kier alpha value is -4.89. The number of hydrogen-bond acceptors (Lipinski definition) is 7. The van der Waals surface area contributed by atoms with Crippen molar-refractivity contribution < 1.29 is 19.4 Å². The zero-order valence-corrected chi connectivity index (χ0v) is 22.5. The molecule has 0 radical (unpaired) electrons. The van der Waals surface area contributed by atoms with E-state index >= 15 is 0 Å². The molecule has 0 aliphatic carbocycles. The first kappa shape index (κ1) is 26.3. The summed E-state index contributed by atoms with van der Waals surface area (Å²) >= 11 is 0. The topological polar surface area (TPSA) is 127 Å². The normalized spacial score (nSPS) is 14.9. The molecule has 1 amide bonds. The van der Waals surface area contributed by atoms with Crippen LogP contribution in [0.5, 0.6) is 11.5 Å². The van der Waals surface area contributed by atoms with E-state index in [4.69, 9.17) is 4.42 Å². The number of aromatic hydroxyl groups is 2. The lowest BCUT2D eigenvalue weighted by molar-refractivity contribution is -0.133. The van der Waals surface area contributed by atoms with Crippen molar-refractivity contribution in [1.82, 2.24) is 14.8 Å². The number of amides is 1. The smallest absolute Gasteiger partial charge is 0.252 e. The van der Waals surface area contributed by atoms with E-state index in [1.165, 1.54) is 6.07 Å². The third-order valence-electron chi connectivity index (χ3n) is 7.80. The third-order valence-corrected chi connectivity index (χ3v) is 7.80. The van der Waals surface area contributed by atoms with E-state index < -0.39 is 22.7 Å². The zero-order valence-electron chi connectivity index (χ0n) is 22.5. The van der Waals surface area contributed by atoms with Gasteiger partial charge in [-0.3, -0.25) is 14.4 Å². The molecule has 0 unspecified atom stereocenters. The van der Waals surface area contributed by atoms with Gasteiger partial charge in [-0.05, 0) is 24.6 Å². The van der Waals surface area contributed by atoms with E-state index in [2.05, 4.69) is 9.88 Å². The van der Waals surface area contributed by atoms with Crippen molar-refractivity contribution in [2.75, 3.05) is 33.2 Å². The maximum Gasteiger partial charge on any atom is 0.252 e. The molecule has 1 saturated heterocycles. The molecule has 9 heteroatoms. The van der Waals surface area contributed by atoms with Gasteiger partial charge >= 0.3 is 0 Å². The molecule has 2 aromatic heterocycles. The number of nitrogens with one attached hydrogen (secondary N) is 1. The number of hydrogen-bond donors (Lipinski definition) is 3. The Morgan fingerprint density at radius 3 is 2.39 bits per heavy atom. The van der Waals surface area contributed by atoms with Gasteiger partial charge < -0.3 is 29.4 Å². The number of piperazine rings is 1. The molecule has 3 heterocycles. The van der Waals surface area contributed by atoms with Crippen LogP contribution in [0.1, 0.15) is 23.5 Å². The van der Waals surface area contributed by atoms with Gasteiger partial charge in [0.15, 0.2) is 5.43 Å². The maximum absolute atomic E-state index is 13.7. The fraction of sp³-hybridized carbons (Fsp3) is 0.219. The fourth-order valence-electron chi connectivity index (χ4n) is 5.55. The van der Waals surface area contributed by atoms with Crippen molar-refractivity contribution in [2.45, 2.75) is 12.3 Å². The van der Waals surface area contributed by atoms with E-state index in [0.717, 1.165) is 24.5 Å². The van der Waals surface area contributed by atoms with Gasteiger partial charge in [-0.1, -0.05) is 48.5 Å². The number of H-pyrrole nitrogens is 1. The van der Waals surface area contributed by atoms with Crippen LogP contribution in [0.3, 0.4) is 0 Å². The number of nitrogens with zero attached hydrogens (tertiary/aromatic N) is 2. The van der Waals surface area contributed by atoms with E-state index in [-0.39, 0.29) is 45.9 Å². The number of aromatic amines is 1. The van der Waals surface area contributed by atoms with Crippen LogP contribution in [0, 0.1) is 0 Å². The van der Waals surface area contributed by atoms with Crippen molar-refractivity contribution in [3.63, 3.8) is 0 Å². The highest BCUT2D eigenvalue weighted by atomic mass is 16.3. The maximum atomic E-state index is 13.7. The molecule has 0 bridgehead atoms. The first-order valence-corrected chi connectivity index (χ1v) is 13.5. The van der Waals surface area contributed by atoms with Crippen molar-refractivity contribution in [1.29, 1.82) is 0 Å². The minimum atomic E-state index is -0.979. The van der Waals surface area contributed by atoms with Crippen LogP contribution in [0.25, 0.3) is 33.2 Å². The standard InChI is InChI=1S/C32H29N3O6/c1-34-11-13-35(14-12-34)28(39)16-21(22-15-20-9-5-6-10-23(20)33-32(22)40)29-24(36)17-25(37)30-26(38)18-27(41-31(29)30)19-7-3-2-4-8-19/h2-10,15,17-18,21,36-37H,11-14,16H2,1H3,(H,33,40)/t21-/m0/s1. The van der Waals surface area contributed by atoms with Crippen LogP contribution in [-0.2, 0) is 4.79 Å². The summed E-state index contributed by atoms with van der Waals surface area (Å²) in [5, 5.41) is 22.6. The van der Waals surface area contributed by atoms with Gasteiger partial charge in [0.05, 0.1) is 0 Å². The zero-order chi connectivity index (χ0) is 28.7. The Kier molecular flexibility index (Phi) is 6.80. The van der Waals surface area contributed by atoms with Gasteiger partial charge in [0.1, 0.15) is 28.2 Å². The minimum absolute atomic E-state index is 0.0717. The Balaban J connectivity index is 1.59. The molecule has 1 fully saturated rings. The highest BCUT2D eigenvalue weighted by Crippen LogP contribution is 2.42. The summed E-state index contributed by atoms with van der Waals surface area (Å²) in [5.41, 5.74) is 0.564. The Labute approximate surface area is 234 Å². The number of para-hydroxylation sites is 1. The number of phenols is 2. The molecule has 1 aliphatic heterocycles. The molecule has 3 aromatic carbocycles. The van der Waals surface area contributed by atoms with E-state index in [1.54, 1.807) is 41.3 Å². The van der Waals surface area contributed by atoms with E-state index in [9.17, 15) is 24.6 Å². The van der Waals surface area contributed by atoms with Gasteiger partial charge in [-0.2, -0.15) is 0 Å². The fourth-order valence-corrected chi connectivity index (χ4v) is 5.55. The molecule has 9 nitrogen and oxygen atoms in total. The Morgan fingerprint density at radius 2 is 1.63 bits per heavy atom. The first-order chi connectivity index (χ1) is 19.8. The average Bonchev–Trinajstić information content (AvgIpc) is 2.96. The van der Waals surface area contributed by atoms with Crippen LogP contribution >= 0.6 is 0 Å². The van der Waals surface area contributed by atoms with Gasteiger partial charge in [-0.25, -0.2) is 0 Å². The van der Waals surface area contributed by atoms with Crippen molar-refractivity contribution >= 4 is 27.8 Å². The number of carbonyl (C=O) groups is 1. The van der Waals surface area contributed by atoms with Gasteiger partial charge in [0, 0.05) is 72.9 Å².